The molecule has 0 radical (unpaired) electrons. The number of halogens is 3. The Morgan fingerprint density at radius 3 is 2.50 bits per heavy atom. The fraction of sp³-hybridized carbons (Fsp3) is 0.263. The molecule has 0 spiro atoms. The number of aromatic nitrogens is 1. The van der Waals surface area contributed by atoms with Gasteiger partial charge in [0.2, 0.25) is 0 Å². The first-order chi connectivity index (χ1) is 12.3. The molecular formula is C19H16F3N3O. The number of benzene rings is 1. The van der Waals surface area contributed by atoms with E-state index in [1.54, 1.807) is 30.3 Å². The normalized spacial score (nSPS) is 16.9. The van der Waals surface area contributed by atoms with Crippen molar-refractivity contribution in [3.05, 3.63) is 75.5 Å². The van der Waals surface area contributed by atoms with Gasteiger partial charge in [0.25, 0.3) is 11.2 Å². The van der Waals surface area contributed by atoms with E-state index in [0.717, 1.165) is 22.9 Å². The lowest BCUT2D eigenvalue weighted by molar-refractivity contribution is -0.136. The number of nitrogens with one attached hydrogen (secondary N) is 1. The first-order valence-corrected chi connectivity index (χ1v) is 8.09. The maximum atomic E-state index is 13.4. The zero-order valence-electron chi connectivity index (χ0n) is 14.0. The summed E-state index contributed by atoms with van der Waals surface area (Å²) >= 11 is 0. The summed E-state index contributed by atoms with van der Waals surface area (Å²) in [4.78, 5) is 15.5. The molecule has 1 aromatic carbocycles. The molecule has 7 heteroatoms. The topological polar surface area (TPSA) is 38.4 Å². The molecule has 1 atom stereocenters. The van der Waals surface area contributed by atoms with Crippen LogP contribution in [-0.2, 0) is 6.18 Å². The molecule has 0 aliphatic heterocycles. The molecule has 1 heterocycles. The Morgan fingerprint density at radius 1 is 1.27 bits per heavy atom. The van der Waals surface area contributed by atoms with Crippen molar-refractivity contribution in [2.24, 2.45) is 5.92 Å². The van der Waals surface area contributed by atoms with E-state index in [1.807, 2.05) is 13.0 Å². The van der Waals surface area contributed by atoms with Gasteiger partial charge in [0, 0.05) is 11.3 Å². The van der Waals surface area contributed by atoms with Gasteiger partial charge in [0.15, 0.2) is 0 Å². The van der Waals surface area contributed by atoms with Crippen LogP contribution in [0.5, 0.6) is 0 Å². The minimum atomic E-state index is -4.79. The number of allylic oxidation sites excluding steroid dienone is 2. The van der Waals surface area contributed by atoms with Gasteiger partial charge in [-0.25, -0.2) is 9.52 Å². The zero-order valence-corrected chi connectivity index (χ0v) is 14.0. The van der Waals surface area contributed by atoms with Crippen LogP contribution in [0.3, 0.4) is 0 Å². The number of nitrogens with zero attached hydrogens (tertiary/aromatic N) is 2. The van der Waals surface area contributed by atoms with Gasteiger partial charge in [0.05, 0.1) is 17.8 Å². The molecule has 0 fully saturated rings. The van der Waals surface area contributed by atoms with Gasteiger partial charge >= 0.3 is 6.18 Å². The van der Waals surface area contributed by atoms with Gasteiger partial charge < -0.3 is 0 Å². The SMILES string of the molecule is [C-]#[N+]c1c(C(F)(F)F)cc(-c2ccccc2)n(NC2=CC(C)CC2)c1=O. The molecule has 1 aliphatic carbocycles. The zero-order chi connectivity index (χ0) is 18.9. The Bertz CT molecular complexity index is 953. The van der Waals surface area contributed by atoms with E-state index in [1.165, 1.54) is 0 Å². The lowest BCUT2D eigenvalue weighted by Gasteiger charge is -2.19. The first-order valence-electron chi connectivity index (χ1n) is 8.09. The van der Waals surface area contributed by atoms with E-state index < -0.39 is 23.0 Å². The second kappa shape index (κ2) is 6.71. The average molecular weight is 359 g/mol. The molecule has 0 bridgehead atoms. The van der Waals surface area contributed by atoms with Crippen molar-refractivity contribution in [1.82, 2.24) is 4.68 Å². The summed E-state index contributed by atoms with van der Waals surface area (Å²) in [6, 6.07) is 9.19. The summed E-state index contributed by atoms with van der Waals surface area (Å²) in [5, 5.41) is 0. The average Bonchev–Trinajstić information content (AvgIpc) is 3.01. The summed E-state index contributed by atoms with van der Waals surface area (Å²) in [7, 11) is 0. The van der Waals surface area contributed by atoms with Crippen LogP contribution in [0.2, 0.25) is 0 Å². The van der Waals surface area contributed by atoms with Gasteiger partial charge in [-0.3, -0.25) is 10.2 Å². The minimum absolute atomic E-state index is 0.0655. The molecule has 0 saturated heterocycles. The number of hydrogen-bond donors (Lipinski definition) is 1. The van der Waals surface area contributed by atoms with Crippen LogP contribution in [0.1, 0.15) is 25.3 Å². The maximum absolute atomic E-state index is 13.4. The molecule has 26 heavy (non-hydrogen) atoms. The van der Waals surface area contributed by atoms with Crippen LogP contribution >= 0.6 is 0 Å². The van der Waals surface area contributed by atoms with Crippen LogP contribution in [0.15, 0.2) is 53.0 Å². The summed E-state index contributed by atoms with van der Waals surface area (Å²) in [5.74, 6) is 0.322. The molecule has 3 rings (SSSR count). The molecular weight excluding hydrogens is 343 g/mol. The van der Waals surface area contributed by atoms with Crippen molar-refractivity contribution >= 4 is 5.69 Å². The van der Waals surface area contributed by atoms with Crippen LogP contribution in [0.25, 0.3) is 16.1 Å². The van der Waals surface area contributed by atoms with Gasteiger partial charge in [-0.15, -0.1) is 0 Å². The molecule has 0 saturated carbocycles. The third-order valence-electron chi connectivity index (χ3n) is 4.28. The molecule has 4 nitrogen and oxygen atoms in total. The van der Waals surface area contributed by atoms with Crippen LogP contribution in [0.4, 0.5) is 18.9 Å². The molecule has 1 aromatic heterocycles. The van der Waals surface area contributed by atoms with Gasteiger partial charge in [0.1, 0.15) is 0 Å². The Balaban J connectivity index is 2.26. The predicted molar refractivity (Wildman–Crippen MR) is 93.2 cm³/mol. The van der Waals surface area contributed by atoms with Crippen molar-refractivity contribution < 1.29 is 13.2 Å². The fourth-order valence-electron chi connectivity index (χ4n) is 2.99. The molecule has 1 N–H and O–H groups in total. The van der Waals surface area contributed by atoms with Crippen molar-refractivity contribution in [1.29, 1.82) is 0 Å². The van der Waals surface area contributed by atoms with Crippen molar-refractivity contribution in [3.63, 3.8) is 0 Å². The van der Waals surface area contributed by atoms with Gasteiger partial charge in [-0.05, 0) is 24.8 Å². The number of hydrogen-bond acceptors (Lipinski definition) is 2. The highest BCUT2D eigenvalue weighted by Gasteiger charge is 2.36. The van der Waals surface area contributed by atoms with E-state index in [-0.39, 0.29) is 5.69 Å². The number of alkyl halides is 3. The molecule has 2 aromatic rings. The molecule has 134 valence electrons. The van der Waals surface area contributed by atoms with Crippen molar-refractivity contribution in [2.45, 2.75) is 25.9 Å². The van der Waals surface area contributed by atoms with E-state index in [9.17, 15) is 18.0 Å². The van der Waals surface area contributed by atoms with Crippen molar-refractivity contribution in [2.75, 3.05) is 5.43 Å². The third kappa shape index (κ3) is 3.36. The summed E-state index contributed by atoms with van der Waals surface area (Å²) < 4.78 is 41.2. The van der Waals surface area contributed by atoms with Crippen LogP contribution in [0, 0.1) is 12.5 Å². The highest BCUT2D eigenvalue weighted by atomic mass is 19.4. The first kappa shape index (κ1) is 17.8. The summed E-state index contributed by atoms with van der Waals surface area (Å²) in [5.41, 5.74) is 1.03. The summed E-state index contributed by atoms with van der Waals surface area (Å²) in [6.45, 7) is 9.08. The fourth-order valence-corrected chi connectivity index (χ4v) is 2.99. The molecule has 1 aliphatic rings. The number of rotatable bonds is 3. The highest BCUT2D eigenvalue weighted by molar-refractivity contribution is 5.66. The highest BCUT2D eigenvalue weighted by Crippen LogP contribution is 2.37. The Morgan fingerprint density at radius 2 is 1.96 bits per heavy atom. The quantitative estimate of drug-likeness (QED) is 0.788. The van der Waals surface area contributed by atoms with E-state index >= 15 is 0 Å². The lowest BCUT2D eigenvalue weighted by atomic mass is 10.1. The molecule has 1 unspecified atom stereocenters. The van der Waals surface area contributed by atoms with Crippen LogP contribution < -0.4 is 11.0 Å². The van der Waals surface area contributed by atoms with Crippen LogP contribution in [-0.4, -0.2) is 4.68 Å². The minimum Gasteiger partial charge on any atom is -0.297 e. The van der Waals surface area contributed by atoms with Gasteiger partial charge in [-0.2, -0.15) is 13.2 Å². The second-order valence-corrected chi connectivity index (χ2v) is 6.23. The monoisotopic (exact) mass is 359 g/mol. The lowest BCUT2D eigenvalue weighted by Crippen LogP contribution is -2.31. The van der Waals surface area contributed by atoms with E-state index in [4.69, 9.17) is 6.57 Å². The van der Waals surface area contributed by atoms with E-state index in [2.05, 4.69) is 10.3 Å². The Hall–Kier alpha value is -3.01. The maximum Gasteiger partial charge on any atom is 0.407 e. The van der Waals surface area contributed by atoms with Gasteiger partial charge in [-0.1, -0.05) is 43.3 Å². The molecule has 0 amide bonds. The number of pyridine rings is 1. The predicted octanol–water partition coefficient (Wildman–Crippen LogP) is 4.94. The second-order valence-electron chi connectivity index (χ2n) is 6.23. The summed E-state index contributed by atoms with van der Waals surface area (Å²) in [6.07, 6.45) is -1.26. The standard InChI is InChI=1S/C19H16F3N3O/c1-12-8-9-14(10-12)24-25-16(13-6-4-3-5-7-13)11-15(19(20,21)22)17(23-2)18(25)26/h3-7,10-12,24H,8-9H2,1H3. The third-order valence-corrected chi connectivity index (χ3v) is 4.28. The van der Waals surface area contributed by atoms with Crippen molar-refractivity contribution in [3.8, 4) is 11.3 Å². The largest absolute Gasteiger partial charge is 0.407 e. The smallest absolute Gasteiger partial charge is 0.297 e. The Labute approximate surface area is 148 Å². The van der Waals surface area contributed by atoms with E-state index in [0.29, 0.717) is 17.9 Å². The Kier molecular flexibility index (Phi) is 4.60.